The van der Waals surface area contributed by atoms with Gasteiger partial charge in [-0.05, 0) is 64.3 Å². The molecule has 3 aromatic heterocycles. The highest BCUT2D eigenvalue weighted by atomic mass is 19.1. The fourth-order valence-corrected chi connectivity index (χ4v) is 4.76. The molecule has 6 rings (SSSR count). The van der Waals surface area contributed by atoms with Crippen molar-refractivity contribution in [2.45, 2.75) is 51.1 Å². The Morgan fingerprint density at radius 1 is 1.14 bits per heavy atom. The number of halogens is 1. The van der Waals surface area contributed by atoms with Crippen molar-refractivity contribution in [3.05, 3.63) is 47.8 Å². The zero-order valence-corrected chi connectivity index (χ0v) is 16.6. The normalized spacial score (nSPS) is 20.7. The minimum Gasteiger partial charge on any atom is -0.311 e. The van der Waals surface area contributed by atoms with E-state index in [-0.39, 0.29) is 5.82 Å². The second-order valence-electron chi connectivity index (χ2n) is 8.69. The van der Waals surface area contributed by atoms with Gasteiger partial charge in [0.2, 0.25) is 0 Å². The SMILES string of the molecule is Cc1cn2nc(-c3cc(F)c4nn([C@@H]5CCNC6(CC6)C5)cc4c3)cc2c(C)n1. The van der Waals surface area contributed by atoms with E-state index in [1.807, 2.05) is 47.6 Å². The summed E-state index contributed by atoms with van der Waals surface area (Å²) in [6.45, 7) is 4.91. The third-order valence-electron chi connectivity index (χ3n) is 6.47. The molecule has 1 aliphatic carbocycles. The molecule has 1 saturated carbocycles. The standard InChI is InChI=1S/C22H23FN6/c1-13-11-29-20(14(2)25-13)9-19(26-29)15-7-16-12-28(27-21(16)18(23)8-15)17-3-6-24-22(10-17)4-5-22/h7-9,11-12,17,24H,3-6,10H2,1-2H3/t17-/m1/s1. The molecule has 4 heterocycles. The maximum Gasteiger partial charge on any atom is 0.151 e. The Hall–Kier alpha value is -2.80. The van der Waals surface area contributed by atoms with Gasteiger partial charge < -0.3 is 5.32 Å². The first-order valence-corrected chi connectivity index (χ1v) is 10.3. The molecule has 1 atom stereocenters. The number of aromatic nitrogens is 5. The Bertz CT molecular complexity index is 1270. The average molecular weight is 390 g/mol. The largest absolute Gasteiger partial charge is 0.311 e. The van der Waals surface area contributed by atoms with Crippen LogP contribution < -0.4 is 5.32 Å². The highest BCUT2D eigenvalue weighted by Crippen LogP contribution is 2.45. The van der Waals surface area contributed by atoms with Gasteiger partial charge in [0.05, 0.1) is 34.8 Å². The summed E-state index contributed by atoms with van der Waals surface area (Å²) in [4.78, 5) is 4.49. The summed E-state index contributed by atoms with van der Waals surface area (Å²) in [6.07, 6.45) is 8.48. The molecule has 29 heavy (non-hydrogen) atoms. The van der Waals surface area contributed by atoms with Gasteiger partial charge >= 0.3 is 0 Å². The molecule has 0 bridgehead atoms. The van der Waals surface area contributed by atoms with E-state index in [1.165, 1.54) is 12.8 Å². The molecule has 1 spiro atoms. The molecule has 1 aliphatic heterocycles. The van der Waals surface area contributed by atoms with Crippen LogP contribution in [0.5, 0.6) is 0 Å². The van der Waals surface area contributed by atoms with Crippen molar-refractivity contribution in [3.63, 3.8) is 0 Å². The minimum atomic E-state index is -0.297. The van der Waals surface area contributed by atoms with E-state index in [1.54, 1.807) is 6.07 Å². The van der Waals surface area contributed by atoms with E-state index in [0.717, 1.165) is 52.9 Å². The summed E-state index contributed by atoms with van der Waals surface area (Å²) >= 11 is 0. The Kier molecular flexibility index (Phi) is 3.45. The van der Waals surface area contributed by atoms with Crippen molar-refractivity contribution in [1.29, 1.82) is 0 Å². The zero-order valence-electron chi connectivity index (χ0n) is 16.6. The first-order valence-electron chi connectivity index (χ1n) is 10.3. The molecule has 4 aromatic rings. The van der Waals surface area contributed by atoms with E-state index in [0.29, 0.717) is 17.1 Å². The first-order chi connectivity index (χ1) is 14.0. The molecule has 2 fully saturated rings. The van der Waals surface area contributed by atoms with Crippen molar-refractivity contribution < 1.29 is 4.39 Å². The fourth-order valence-electron chi connectivity index (χ4n) is 4.76. The maximum atomic E-state index is 14.9. The molecule has 6 nitrogen and oxygen atoms in total. The molecular weight excluding hydrogens is 367 g/mol. The maximum absolute atomic E-state index is 14.9. The van der Waals surface area contributed by atoms with E-state index < -0.39 is 0 Å². The van der Waals surface area contributed by atoms with Gasteiger partial charge in [-0.15, -0.1) is 0 Å². The second-order valence-corrected chi connectivity index (χ2v) is 8.69. The van der Waals surface area contributed by atoms with Crippen molar-refractivity contribution >= 4 is 16.4 Å². The lowest BCUT2D eigenvalue weighted by Crippen LogP contribution is -2.40. The number of benzene rings is 1. The molecular formula is C22H23FN6. The van der Waals surface area contributed by atoms with Crippen LogP contribution in [0.15, 0.2) is 30.6 Å². The van der Waals surface area contributed by atoms with Gasteiger partial charge in [0.1, 0.15) is 5.52 Å². The molecule has 148 valence electrons. The van der Waals surface area contributed by atoms with Crippen LogP contribution in [-0.4, -0.2) is 36.5 Å². The lowest BCUT2D eigenvalue weighted by molar-refractivity contribution is 0.271. The number of aryl methyl sites for hydroxylation is 2. The third kappa shape index (κ3) is 2.75. The van der Waals surface area contributed by atoms with E-state index in [9.17, 15) is 4.39 Å². The van der Waals surface area contributed by atoms with Crippen LogP contribution >= 0.6 is 0 Å². The van der Waals surface area contributed by atoms with Crippen molar-refractivity contribution in [3.8, 4) is 11.3 Å². The molecule has 1 N–H and O–H groups in total. The van der Waals surface area contributed by atoms with Crippen LogP contribution in [0, 0.1) is 19.7 Å². The van der Waals surface area contributed by atoms with Gasteiger partial charge in [0.15, 0.2) is 5.82 Å². The van der Waals surface area contributed by atoms with Gasteiger partial charge in [-0.25, -0.2) is 8.91 Å². The fraction of sp³-hybridized carbons (Fsp3) is 0.409. The van der Waals surface area contributed by atoms with Gasteiger partial charge in [-0.2, -0.15) is 10.2 Å². The predicted molar refractivity (Wildman–Crippen MR) is 109 cm³/mol. The van der Waals surface area contributed by atoms with Crippen molar-refractivity contribution in [2.75, 3.05) is 6.54 Å². The third-order valence-corrected chi connectivity index (χ3v) is 6.47. The van der Waals surface area contributed by atoms with Crippen LogP contribution in [0.3, 0.4) is 0 Å². The number of rotatable bonds is 2. The monoisotopic (exact) mass is 390 g/mol. The van der Waals surface area contributed by atoms with Gasteiger partial charge in [0.25, 0.3) is 0 Å². The average Bonchev–Trinajstić information content (AvgIpc) is 3.12. The van der Waals surface area contributed by atoms with Crippen LogP contribution in [0.1, 0.15) is 43.1 Å². The van der Waals surface area contributed by atoms with E-state index in [2.05, 4.69) is 20.5 Å². The van der Waals surface area contributed by atoms with Crippen LogP contribution in [-0.2, 0) is 0 Å². The second kappa shape index (κ2) is 5.86. The smallest absolute Gasteiger partial charge is 0.151 e. The number of nitrogens with one attached hydrogen (secondary N) is 1. The Balaban J connectivity index is 1.42. The summed E-state index contributed by atoms with van der Waals surface area (Å²) in [5.41, 5.74) is 5.01. The summed E-state index contributed by atoms with van der Waals surface area (Å²) in [7, 11) is 0. The minimum absolute atomic E-state index is 0.297. The Morgan fingerprint density at radius 3 is 2.83 bits per heavy atom. The van der Waals surface area contributed by atoms with Gasteiger partial charge in [-0.1, -0.05) is 0 Å². The highest BCUT2D eigenvalue weighted by Gasteiger charge is 2.46. The van der Waals surface area contributed by atoms with Crippen molar-refractivity contribution in [1.82, 2.24) is 29.7 Å². The number of piperidine rings is 1. The molecule has 1 saturated heterocycles. The van der Waals surface area contributed by atoms with E-state index in [4.69, 9.17) is 0 Å². The van der Waals surface area contributed by atoms with Crippen LogP contribution in [0.25, 0.3) is 27.7 Å². The lowest BCUT2D eigenvalue weighted by Gasteiger charge is -2.30. The number of nitrogens with zero attached hydrogens (tertiary/aromatic N) is 5. The Labute approximate surface area is 167 Å². The summed E-state index contributed by atoms with van der Waals surface area (Å²) in [5.74, 6) is -0.297. The molecule has 1 aromatic carbocycles. The summed E-state index contributed by atoms with van der Waals surface area (Å²) in [6, 6.07) is 5.84. The molecule has 0 radical (unpaired) electrons. The highest BCUT2D eigenvalue weighted by molar-refractivity contribution is 5.84. The molecule has 0 unspecified atom stereocenters. The zero-order chi connectivity index (χ0) is 19.8. The molecule has 0 amide bonds. The molecule has 2 aliphatic rings. The number of hydrogen-bond donors (Lipinski definition) is 1. The number of fused-ring (bicyclic) bond motifs is 2. The van der Waals surface area contributed by atoms with Gasteiger partial charge in [-0.3, -0.25) is 9.67 Å². The Morgan fingerprint density at radius 2 is 2.00 bits per heavy atom. The quantitative estimate of drug-likeness (QED) is 0.563. The van der Waals surface area contributed by atoms with Crippen LogP contribution in [0.4, 0.5) is 4.39 Å². The predicted octanol–water partition coefficient (Wildman–Crippen LogP) is 3.96. The van der Waals surface area contributed by atoms with Crippen LogP contribution in [0.2, 0.25) is 0 Å². The van der Waals surface area contributed by atoms with Crippen molar-refractivity contribution in [2.24, 2.45) is 0 Å². The summed E-state index contributed by atoms with van der Waals surface area (Å²) in [5, 5.41) is 13.7. The first kappa shape index (κ1) is 17.1. The topological polar surface area (TPSA) is 60.0 Å². The number of hydrogen-bond acceptors (Lipinski definition) is 4. The lowest BCUT2D eigenvalue weighted by atomic mass is 9.98. The molecule has 7 heteroatoms. The van der Waals surface area contributed by atoms with Gasteiger partial charge in [0, 0.05) is 22.7 Å². The summed E-state index contributed by atoms with van der Waals surface area (Å²) < 4.78 is 18.7. The van der Waals surface area contributed by atoms with E-state index >= 15 is 0 Å².